The maximum Gasteiger partial charge on any atom is 0.265 e. The molecule has 0 saturated carbocycles. The molecule has 2 aromatic heterocycles. The molecule has 0 amide bonds. The van der Waals surface area contributed by atoms with Gasteiger partial charge in [0.2, 0.25) is 0 Å². The van der Waals surface area contributed by atoms with Gasteiger partial charge < -0.3 is 0 Å². The Hall–Kier alpha value is -1.68. The summed E-state index contributed by atoms with van der Waals surface area (Å²) in [5.41, 5.74) is 2.52. The maximum atomic E-state index is 12.5. The van der Waals surface area contributed by atoms with Gasteiger partial charge in [0.15, 0.2) is 0 Å². The van der Waals surface area contributed by atoms with Gasteiger partial charge in [0, 0.05) is 10.7 Å². The second-order valence-corrected chi connectivity index (χ2v) is 5.84. The Morgan fingerprint density at radius 1 is 1.21 bits per heavy atom. The number of hydrogen-bond acceptors (Lipinski definition) is 2. The van der Waals surface area contributed by atoms with Crippen LogP contribution in [0.1, 0.15) is 25.3 Å². The molecule has 96 valence electrons. The van der Waals surface area contributed by atoms with Crippen LogP contribution in [0, 0.1) is 0 Å². The number of nitrogens with zero attached hydrogens (tertiary/aromatic N) is 2. The van der Waals surface area contributed by atoms with Crippen LogP contribution in [0.3, 0.4) is 0 Å². The number of pyridine rings is 1. The van der Waals surface area contributed by atoms with Gasteiger partial charge in [-0.3, -0.25) is 9.20 Å². The van der Waals surface area contributed by atoms with Crippen molar-refractivity contribution < 1.29 is 0 Å². The van der Waals surface area contributed by atoms with E-state index < -0.39 is 0 Å². The molecule has 1 aromatic carbocycles. The van der Waals surface area contributed by atoms with Crippen molar-refractivity contribution in [1.29, 1.82) is 0 Å². The first-order valence-electron chi connectivity index (χ1n) is 6.18. The summed E-state index contributed by atoms with van der Waals surface area (Å²) in [4.78, 5) is 17.0. The van der Waals surface area contributed by atoms with Gasteiger partial charge in [0.05, 0.1) is 10.9 Å². The summed E-state index contributed by atoms with van der Waals surface area (Å²) in [6.45, 7) is 4.22. The summed E-state index contributed by atoms with van der Waals surface area (Å²) in [6, 6.07) is 9.50. The number of benzene rings is 1. The Morgan fingerprint density at radius 3 is 2.74 bits per heavy atom. The van der Waals surface area contributed by atoms with E-state index in [4.69, 9.17) is 0 Å². The first-order chi connectivity index (χ1) is 9.06. The molecular weight excluding hydrogens is 304 g/mol. The molecule has 0 saturated heterocycles. The molecule has 2 heterocycles. The van der Waals surface area contributed by atoms with Crippen LogP contribution in [0.2, 0.25) is 0 Å². The Morgan fingerprint density at radius 2 is 2.00 bits per heavy atom. The Labute approximate surface area is 119 Å². The van der Waals surface area contributed by atoms with Gasteiger partial charge in [-0.2, -0.15) is 0 Å². The van der Waals surface area contributed by atoms with Crippen LogP contribution in [-0.2, 0) is 0 Å². The molecule has 0 aliphatic rings. The molecule has 0 aliphatic heterocycles. The summed E-state index contributed by atoms with van der Waals surface area (Å²) in [6.07, 6.45) is 1.88. The van der Waals surface area contributed by atoms with Gasteiger partial charge in [-0.15, -0.1) is 0 Å². The minimum Gasteiger partial charge on any atom is -0.268 e. The predicted octanol–water partition coefficient (Wildman–Crippen LogP) is 3.73. The van der Waals surface area contributed by atoms with Crippen molar-refractivity contribution >= 4 is 32.5 Å². The molecule has 0 bridgehead atoms. The highest BCUT2D eigenvalue weighted by molar-refractivity contribution is 9.10. The summed E-state index contributed by atoms with van der Waals surface area (Å²) in [5.74, 6) is 0.384. The zero-order valence-corrected chi connectivity index (χ0v) is 12.3. The van der Waals surface area contributed by atoms with Gasteiger partial charge in [0.25, 0.3) is 5.56 Å². The maximum absolute atomic E-state index is 12.5. The van der Waals surface area contributed by atoms with E-state index in [2.05, 4.69) is 34.8 Å². The van der Waals surface area contributed by atoms with Crippen LogP contribution in [0.25, 0.3) is 16.6 Å². The van der Waals surface area contributed by atoms with Crippen molar-refractivity contribution in [2.75, 3.05) is 0 Å². The predicted molar refractivity (Wildman–Crippen MR) is 80.8 cm³/mol. The summed E-state index contributed by atoms with van der Waals surface area (Å²) in [7, 11) is 0. The highest BCUT2D eigenvalue weighted by Crippen LogP contribution is 2.18. The fourth-order valence-corrected chi connectivity index (χ4v) is 2.50. The fourth-order valence-electron chi connectivity index (χ4n) is 2.13. The highest BCUT2D eigenvalue weighted by atomic mass is 79.9. The molecule has 3 nitrogen and oxygen atoms in total. The number of halogens is 1. The van der Waals surface area contributed by atoms with E-state index in [0.717, 1.165) is 15.6 Å². The Bertz CT molecular complexity index is 837. The zero-order valence-electron chi connectivity index (χ0n) is 10.7. The van der Waals surface area contributed by atoms with Crippen molar-refractivity contribution in [3.8, 4) is 0 Å². The van der Waals surface area contributed by atoms with E-state index in [0.29, 0.717) is 17.0 Å². The number of fused-ring (bicyclic) bond motifs is 2. The standard InChI is InChI=1S/C15H13BrN2O/c1-9(2)10-3-6-14-17-13-5-4-11(16)7-12(13)15(19)18(14)8-10/h3-9H,1-2H3. The SMILES string of the molecule is CC(C)c1ccc2nc3ccc(Br)cc3c(=O)n2c1. The summed E-state index contributed by atoms with van der Waals surface area (Å²) >= 11 is 3.39. The molecule has 0 N–H and O–H groups in total. The van der Waals surface area contributed by atoms with Crippen LogP contribution in [0.5, 0.6) is 0 Å². The van der Waals surface area contributed by atoms with Gasteiger partial charge in [-0.05, 0) is 35.7 Å². The van der Waals surface area contributed by atoms with Gasteiger partial charge >= 0.3 is 0 Å². The van der Waals surface area contributed by atoms with Crippen LogP contribution < -0.4 is 5.56 Å². The molecule has 0 unspecified atom stereocenters. The van der Waals surface area contributed by atoms with Crippen molar-refractivity contribution in [3.05, 3.63) is 56.9 Å². The third kappa shape index (κ3) is 2.06. The second kappa shape index (κ2) is 4.46. The van der Waals surface area contributed by atoms with Crippen molar-refractivity contribution in [2.24, 2.45) is 0 Å². The minimum absolute atomic E-state index is 0.0243. The van der Waals surface area contributed by atoms with Crippen LogP contribution >= 0.6 is 15.9 Å². The lowest BCUT2D eigenvalue weighted by molar-refractivity contribution is 0.849. The third-order valence-corrected chi connectivity index (χ3v) is 3.75. The largest absolute Gasteiger partial charge is 0.268 e. The van der Waals surface area contributed by atoms with Gasteiger partial charge in [-0.25, -0.2) is 4.98 Å². The van der Waals surface area contributed by atoms with Crippen molar-refractivity contribution in [1.82, 2.24) is 9.38 Å². The topological polar surface area (TPSA) is 34.4 Å². The Balaban J connectivity index is 2.45. The first-order valence-corrected chi connectivity index (χ1v) is 6.97. The average Bonchev–Trinajstić information content (AvgIpc) is 2.39. The summed E-state index contributed by atoms with van der Waals surface area (Å²) < 4.78 is 2.52. The van der Waals surface area contributed by atoms with Gasteiger partial charge in [0.1, 0.15) is 5.65 Å². The lowest BCUT2D eigenvalue weighted by Gasteiger charge is -2.08. The van der Waals surface area contributed by atoms with E-state index in [1.54, 1.807) is 4.40 Å². The third-order valence-electron chi connectivity index (χ3n) is 3.26. The molecule has 4 heteroatoms. The molecule has 3 aromatic rings. The van der Waals surface area contributed by atoms with E-state index in [-0.39, 0.29) is 5.56 Å². The van der Waals surface area contributed by atoms with Crippen molar-refractivity contribution in [2.45, 2.75) is 19.8 Å². The van der Waals surface area contributed by atoms with Crippen molar-refractivity contribution in [3.63, 3.8) is 0 Å². The lowest BCUT2D eigenvalue weighted by Crippen LogP contribution is -2.15. The second-order valence-electron chi connectivity index (χ2n) is 4.92. The van der Waals surface area contributed by atoms with E-state index in [1.165, 1.54) is 0 Å². The minimum atomic E-state index is -0.0243. The molecule has 0 atom stereocenters. The lowest BCUT2D eigenvalue weighted by atomic mass is 10.1. The van der Waals surface area contributed by atoms with Crippen LogP contribution in [0.15, 0.2) is 45.8 Å². The van der Waals surface area contributed by atoms with Crippen LogP contribution in [0.4, 0.5) is 0 Å². The van der Waals surface area contributed by atoms with Gasteiger partial charge in [-0.1, -0.05) is 35.8 Å². The average molecular weight is 317 g/mol. The van der Waals surface area contributed by atoms with E-state index in [9.17, 15) is 4.79 Å². The van der Waals surface area contributed by atoms with Crippen LogP contribution in [-0.4, -0.2) is 9.38 Å². The monoisotopic (exact) mass is 316 g/mol. The molecule has 0 aliphatic carbocycles. The summed E-state index contributed by atoms with van der Waals surface area (Å²) in [5, 5.41) is 0.632. The van der Waals surface area contributed by atoms with E-state index >= 15 is 0 Å². The van der Waals surface area contributed by atoms with E-state index in [1.807, 2.05) is 36.5 Å². The molecule has 19 heavy (non-hydrogen) atoms. The Kier molecular flexibility index (Phi) is 2.90. The quantitative estimate of drug-likeness (QED) is 0.641. The smallest absolute Gasteiger partial charge is 0.265 e. The fraction of sp³-hybridized carbons (Fsp3) is 0.200. The first kappa shape index (κ1) is 12.4. The molecule has 0 radical (unpaired) electrons. The normalized spacial score (nSPS) is 11.6. The number of aromatic nitrogens is 2. The molecule has 3 rings (SSSR count). The number of rotatable bonds is 1. The number of hydrogen-bond donors (Lipinski definition) is 0. The zero-order chi connectivity index (χ0) is 13.6. The molecular formula is C15H13BrN2O. The molecule has 0 fully saturated rings. The highest BCUT2D eigenvalue weighted by Gasteiger charge is 2.07. The molecule has 0 spiro atoms.